The first-order valence-electron chi connectivity index (χ1n) is 7.03. The normalized spacial score (nSPS) is 12.3. The predicted molar refractivity (Wildman–Crippen MR) is 81.9 cm³/mol. The Balaban J connectivity index is 2.62. The molecule has 0 aromatic heterocycles. The van der Waals surface area contributed by atoms with E-state index in [1.165, 1.54) is 5.56 Å². The Morgan fingerprint density at radius 2 is 1.85 bits per heavy atom. The largest absolute Gasteiger partial charge is 0.497 e. The Morgan fingerprint density at radius 3 is 2.30 bits per heavy atom. The molecule has 0 aliphatic carbocycles. The lowest BCUT2D eigenvalue weighted by atomic mass is 9.96. The first-order chi connectivity index (χ1) is 9.45. The van der Waals surface area contributed by atoms with Crippen molar-refractivity contribution in [2.75, 3.05) is 27.7 Å². The van der Waals surface area contributed by atoms with Gasteiger partial charge in [0, 0.05) is 33.1 Å². The molecule has 0 saturated carbocycles. The lowest BCUT2D eigenvalue weighted by molar-refractivity contribution is -0.128. The Labute approximate surface area is 122 Å². The van der Waals surface area contributed by atoms with Crippen LogP contribution in [0, 0.1) is 5.92 Å². The van der Waals surface area contributed by atoms with Crippen LogP contribution in [0.5, 0.6) is 5.75 Å². The van der Waals surface area contributed by atoms with Crippen LogP contribution in [0.25, 0.3) is 0 Å². The fourth-order valence-corrected chi connectivity index (χ4v) is 2.11. The molecule has 0 bridgehead atoms. The van der Waals surface area contributed by atoms with Crippen LogP contribution in [-0.4, -0.2) is 38.6 Å². The summed E-state index contributed by atoms with van der Waals surface area (Å²) in [6, 6.07) is 8.33. The molecular weight excluding hydrogens is 252 g/mol. The molecule has 0 heterocycles. The molecule has 0 radical (unpaired) electrons. The zero-order chi connectivity index (χ0) is 15.1. The zero-order valence-electron chi connectivity index (χ0n) is 13.1. The van der Waals surface area contributed by atoms with E-state index in [4.69, 9.17) is 4.74 Å². The molecule has 1 amide bonds. The molecule has 1 unspecified atom stereocenters. The van der Waals surface area contributed by atoms with Crippen molar-refractivity contribution in [1.82, 2.24) is 10.2 Å². The van der Waals surface area contributed by atoms with Crippen LogP contribution in [0.4, 0.5) is 0 Å². The van der Waals surface area contributed by atoms with Crippen LogP contribution in [0.15, 0.2) is 24.3 Å². The summed E-state index contributed by atoms with van der Waals surface area (Å²) in [5, 5.41) is 3.47. The van der Waals surface area contributed by atoms with Gasteiger partial charge in [0.05, 0.1) is 7.11 Å². The molecule has 1 aromatic rings. The number of carbonyl (C=O) groups excluding carboxylic acids is 1. The molecule has 0 fully saturated rings. The molecule has 1 rings (SSSR count). The number of hydrogen-bond donors (Lipinski definition) is 1. The standard InChI is InChI=1S/C16H26N2O2/c1-12(2)16(17-11-10-15(19)18(3)4)13-6-8-14(20-5)9-7-13/h6-9,12,16-17H,10-11H2,1-5H3. The van der Waals surface area contributed by atoms with Crippen LogP contribution >= 0.6 is 0 Å². The van der Waals surface area contributed by atoms with E-state index < -0.39 is 0 Å². The van der Waals surface area contributed by atoms with Crippen LogP contribution in [0.2, 0.25) is 0 Å². The number of nitrogens with zero attached hydrogens (tertiary/aromatic N) is 1. The zero-order valence-corrected chi connectivity index (χ0v) is 13.1. The van der Waals surface area contributed by atoms with Gasteiger partial charge in [-0.2, -0.15) is 0 Å². The minimum absolute atomic E-state index is 0.148. The number of carbonyl (C=O) groups is 1. The topological polar surface area (TPSA) is 41.6 Å². The molecular formula is C16H26N2O2. The third-order valence-electron chi connectivity index (χ3n) is 3.34. The first-order valence-corrected chi connectivity index (χ1v) is 7.03. The molecule has 0 aliphatic rings. The number of hydrogen-bond acceptors (Lipinski definition) is 3. The highest BCUT2D eigenvalue weighted by molar-refractivity contribution is 5.75. The second kappa shape index (κ2) is 7.90. The van der Waals surface area contributed by atoms with Crippen molar-refractivity contribution in [2.45, 2.75) is 26.3 Å². The Morgan fingerprint density at radius 1 is 1.25 bits per heavy atom. The Kier molecular flexibility index (Phi) is 6.52. The van der Waals surface area contributed by atoms with Crippen molar-refractivity contribution < 1.29 is 9.53 Å². The minimum atomic E-state index is 0.148. The Bertz CT molecular complexity index is 413. The van der Waals surface area contributed by atoms with Crippen LogP contribution in [0.1, 0.15) is 31.9 Å². The van der Waals surface area contributed by atoms with Gasteiger partial charge in [-0.1, -0.05) is 26.0 Å². The molecule has 4 nitrogen and oxygen atoms in total. The second-order valence-electron chi connectivity index (χ2n) is 5.49. The summed E-state index contributed by atoms with van der Waals surface area (Å²) in [6.45, 7) is 5.04. The quantitative estimate of drug-likeness (QED) is 0.833. The fraction of sp³-hybridized carbons (Fsp3) is 0.562. The van der Waals surface area contributed by atoms with Gasteiger partial charge in [-0.05, 0) is 23.6 Å². The van der Waals surface area contributed by atoms with Crippen LogP contribution in [0.3, 0.4) is 0 Å². The van der Waals surface area contributed by atoms with Gasteiger partial charge in [-0.25, -0.2) is 0 Å². The molecule has 0 saturated heterocycles. The van der Waals surface area contributed by atoms with E-state index in [-0.39, 0.29) is 11.9 Å². The maximum absolute atomic E-state index is 11.6. The van der Waals surface area contributed by atoms with Gasteiger partial charge in [0.2, 0.25) is 5.91 Å². The van der Waals surface area contributed by atoms with E-state index in [9.17, 15) is 4.79 Å². The molecule has 4 heteroatoms. The maximum atomic E-state index is 11.6. The summed E-state index contributed by atoms with van der Waals surface area (Å²) in [7, 11) is 5.23. The Hall–Kier alpha value is -1.55. The van der Waals surface area contributed by atoms with E-state index in [1.807, 2.05) is 12.1 Å². The van der Waals surface area contributed by atoms with Gasteiger partial charge in [-0.15, -0.1) is 0 Å². The molecule has 0 spiro atoms. The van der Waals surface area contributed by atoms with E-state index in [2.05, 4.69) is 31.3 Å². The fourth-order valence-electron chi connectivity index (χ4n) is 2.11. The summed E-state index contributed by atoms with van der Waals surface area (Å²) < 4.78 is 5.18. The predicted octanol–water partition coefficient (Wildman–Crippen LogP) is 2.46. The lowest BCUT2D eigenvalue weighted by Gasteiger charge is -2.23. The monoisotopic (exact) mass is 278 g/mol. The van der Waals surface area contributed by atoms with Gasteiger partial charge in [0.15, 0.2) is 0 Å². The van der Waals surface area contributed by atoms with E-state index in [1.54, 1.807) is 26.1 Å². The van der Waals surface area contributed by atoms with E-state index >= 15 is 0 Å². The molecule has 1 N–H and O–H groups in total. The van der Waals surface area contributed by atoms with Gasteiger partial charge in [0.25, 0.3) is 0 Å². The number of nitrogens with one attached hydrogen (secondary N) is 1. The second-order valence-corrected chi connectivity index (χ2v) is 5.49. The van der Waals surface area contributed by atoms with E-state index in [0.29, 0.717) is 18.9 Å². The van der Waals surface area contributed by atoms with Crippen molar-refractivity contribution >= 4 is 5.91 Å². The van der Waals surface area contributed by atoms with Crippen LogP contribution < -0.4 is 10.1 Å². The van der Waals surface area contributed by atoms with Gasteiger partial charge in [0.1, 0.15) is 5.75 Å². The molecule has 1 aromatic carbocycles. The highest BCUT2D eigenvalue weighted by Crippen LogP contribution is 2.23. The minimum Gasteiger partial charge on any atom is -0.497 e. The van der Waals surface area contributed by atoms with Gasteiger partial charge >= 0.3 is 0 Å². The number of amides is 1. The third-order valence-corrected chi connectivity index (χ3v) is 3.34. The molecule has 1 atom stereocenters. The average Bonchev–Trinajstić information content (AvgIpc) is 2.43. The van der Waals surface area contributed by atoms with Crippen molar-refractivity contribution in [1.29, 1.82) is 0 Å². The van der Waals surface area contributed by atoms with Crippen molar-refractivity contribution in [3.8, 4) is 5.75 Å². The van der Waals surface area contributed by atoms with Crippen molar-refractivity contribution in [2.24, 2.45) is 5.92 Å². The SMILES string of the molecule is COc1ccc(C(NCCC(=O)N(C)C)C(C)C)cc1. The smallest absolute Gasteiger partial charge is 0.223 e. The summed E-state index contributed by atoms with van der Waals surface area (Å²) in [5.41, 5.74) is 1.22. The lowest BCUT2D eigenvalue weighted by Crippen LogP contribution is -2.31. The first kappa shape index (κ1) is 16.5. The average molecular weight is 278 g/mol. The summed E-state index contributed by atoms with van der Waals surface area (Å²) in [6.07, 6.45) is 0.520. The van der Waals surface area contributed by atoms with Crippen LogP contribution in [-0.2, 0) is 4.79 Å². The van der Waals surface area contributed by atoms with Crippen molar-refractivity contribution in [3.05, 3.63) is 29.8 Å². The van der Waals surface area contributed by atoms with Gasteiger partial charge in [-0.3, -0.25) is 4.79 Å². The molecule has 20 heavy (non-hydrogen) atoms. The summed E-state index contributed by atoms with van der Waals surface area (Å²) in [4.78, 5) is 13.2. The highest BCUT2D eigenvalue weighted by Gasteiger charge is 2.15. The van der Waals surface area contributed by atoms with Gasteiger partial charge < -0.3 is 15.0 Å². The highest BCUT2D eigenvalue weighted by atomic mass is 16.5. The number of methoxy groups -OCH3 is 1. The van der Waals surface area contributed by atoms with Crippen molar-refractivity contribution in [3.63, 3.8) is 0 Å². The molecule has 0 aliphatic heterocycles. The third kappa shape index (κ3) is 4.85. The number of benzene rings is 1. The van der Waals surface area contributed by atoms with E-state index in [0.717, 1.165) is 5.75 Å². The summed E-state index contributed by atoms with van der Waals surface area (Å²) >= 11 is 0. The summed E-state index contributed by atoms with van der Waals surface area (Å²) in [5.74, 6) is 1.46. The molecule has 112 valence electrons. The number of ether oxygens (including phenoxy) is 1. The number of rotatable bonds is 7. The maximum Gasteiger partial charge on any atom is 0.223 e.